The Bertz CT molecular complexity index is 190. The van der Waals surface area contributed by atoms with Gasteiger partial charge in [-0.3, -0.25) is 4.79 Å². The van der Waals surface area contributed by atoms with Crippen molar-refractivity contribution in [3.05, 3.63) is 25.7 Å². The molecule has 0 fully saturated rings. The van der Waals surface area contributed by atoms with Crippen molar-refractivity contribution in [2.45, 2.75) is 6.42 Å². The van der Waals surface area contributed by atoms with Gasteiger partial charge in [0.15, 0.2) is 0 Å². The van der Waals surface area contributed by atoms with Crippen molar-refractivity contribution < 1.29 is 19.1 Å². The monoisotopic (exact) mass is 185 g/mol. The average molecular weight is 185 g/mol. The van der Waals surface area contributed by atoms with E-state index in [0.29, 0.717) is 0 Å². The summed E-state index contributed by atoms with van der Waals surface area (Å²) >= 11 is 0. The van der Waals surface area contributed by atoms with Crippen molar-refractivity contribution in [3.63, 3.8) is 0 Å². The van der Waals surface area contributed by atoms with Gasteiger partial charge in [-0.25, -0.2) is 4.79 Å². The molecule has 1 N–H and O–H groups in total. The number of nitrogens with one attached hydrogen (secondary N) is 1. The first-order valence-corrected chi connectivity index (χ1v) is 3.56. The SMILES string of the molecule is C=COC(=O)CCNC(=O)OC=C. The molecule has 0 saturated carbocycles. The molecule has 0 aliphatic carbocycles. The van der Waals surface area contributed by atoms with Crippen LogP contribution in [0.4, 0.5) is 4.79 Å². The molecule has 0 aromatic heterocycles. The fourth-order valence-electron chi connectivity index (χ4n) is 0.536. The Morgan fingerprint density at radius 2 is 1.85 bits per heavy atom. The Kier molecular flexibility index (Phi) is 5.96. The highest BCUT2D eigenvalue weighted by molar-refractivity contribution is 5.72. The van der Waals surface area contributed by atoms with Gasteiger partial charge < -0.3 is 14.8 Å². The van der Waals surface area contributed by atoms with Gasteiger partial charge in [0.05, 0.1) is 18.9 Å². The third-order valence-corrected chi connectivity index (χ3v) is 1.00. The number of carbonyl (C=O) groups is 2. The van der Waals surface area contributed by atoms with E-state index >= 15 is 0 Å². The molecule has 0 unspecified atom stereocenters. The Labute approximate surface area is 76.0 Å². The highest BCUT2D eigenvalue weighted by atomic mass is 16.5. The lowest BCUT2D eigenvalue weighted by Gasteiger charge is -2.01. The van der Waals surface area contributed by atoms with Gasteiger partial charge in [0.1, 0.15) is 0 Å². The first kappa shape index (κ1) is 11.2. The third kappa shape index (κ3) is 6.61. The zero-order valence-electron chi connectivity index (χ0n) is 7.12. The van der Waals surface area contributed by atoms with Crippen LogP contribution in [0.5, 0.6) is 0 Å². The molecule has 0 aliphatic heterocycles. The summed E-state index contributed by atoms with van der Waals surface area (Å²) in [6.07, 6.45) is 1.45. The van der Waals surface area contributed by atoms with Crippen molar-refractivity contribution >= 4 is 12.1 Å². The maximum absolute atomic E-state index is 10.7. The second-order valence-corrected chi connectivity index (χ2v) is 1.91. The van der Waals surface area contributed by atoms with Gasteiger partial charge in [0, 0.05) is 6.54 Å². The molecule has 5 heteroatoms. The lowest BCUT2D eigenvalue weighted by Crippen LogP contribution is -2.25. The highest BCUT2D eigenvalue weighted by Crippen LogP contribution is 1.85. The summed E-state index contributed by atoms with van der Waals surface area (Å²) in [4.78, 5) is 21.3. The van der Waals surface area contributed by atoms with E-state index in [4.69, 9.17) is 0 Å². The van der Waals surface area contributed by atoms with Crippen LogP contribution in [0.3, 0.4) is 0 Å². The minimum Gasteiger partial charge on any atom is -0.435 e. The maximum Gasteiger partial charge on any atom is 0.412 e. The number of alkyl carbamates (subject to hydrolysis) is 1. The summed E-state index contributed by atoms with van der Waals surface area (Å²) in [6.45, 7) is 6.54. The molecular formula is C8H11NO4. The molecule has 0 bridgehead atoms. The van der Waals surface area contributed by atoms with Gasteiger partial charge in [0.2, 0.25) is 0 Å². The first-order valence-electron chi connectivity index (χ1n) is 3.56. The fraction of sp³-hybridized carbons (Fsp3) is 0.250. The second kappa shape index (κ2) is 6.90. The van der Waals surface area contributed by atoms with Gasteiger partial charge in [-0.2, -0.15) is 0 Å². The molecule has 1 amide bonds. The zero-order chi connectivity index (χ0) is 10.1. The minimum absolute atomic E-state index is 0.0677. The summed E-state index contributed by atoms with van der Waals surface area (Å²) in [7, 11) is 0. The number of ether oxygens (including phenoxy) is 2. The van der Waals surface area contributed by atoms with Crippen LogP contribution in [0.2, 0.25) is 0 Å². The molecule has 0 rings (SSSR count). The summed E-state index contributed by atoms with van der Waals surface area (Å²) < 4.78 is 8.72. The van der Waals surface area contributed by atoms with E-state index in [0.717, 1.165) is 12.5 Å². The number of esters is 1. The predicted molar refractivity (Wildman–Crippen MR) is 45.6 cm³/mol. The minimum atomic E-state index is -0.651. The Morgan fingerprint density at radius 3 is 2.38 bits per heavy atom. The van der Waals surface area contributed by atoms with Crippen LogP contribution in [0.25, 0.3) is 0 Å². The van der Waals surface area contributed by atoms with Gasteiger partial charge in [-0.15, -0.1) is 0 Å². The molecule has 0 spiro atoms. The summed E-state index contributed by atoms with van der Waals surface area (Å²) in [6, 6.07) is 0. The lowest BCUT2D eigenvalue weighted by molar-refractivity contribution is -0.137. The molecule has 72 valence electrons. The number of hydrogen-bond acceptors (Lipinski definition) is 4. The van der Waals surface area contributed by atoms with E-state index in [1.165, 1.54) is 0 Å². The smallest absolute Gasteiger partial charge is 0.412 e. The standard InChI is InChI=1S/C8H11NO4/c1-3-12-7(10)5-6-9-8(11)13-4-2/h3-4H,1-2,5-6H2,(H,9,11). The highest BCUT2D eigenvalue weighted by Gasteiger charge is 2.02. The van der Waals surface area contributed by atoms with Crippen molar-refractivity contribution in [2.75, 3.05) is 6.54 Å². The van der Waals surface area contributed by atoms with Crippen LogP contribution < -0.4 is 5.32 Å². The molecule has 0 atom stereocenters. The zero-order valence-corrected chi connectivity index (χ0v) is 7.12. The first-order chi connectivity index (χ1) is 6.20. The number of carbonyl (C=O) groups excluding carboxylic acids is 2. The van der Waals surface area contributed by atoms with E-state index in [1.807, 2.05) is 0 Å². The summed E-state index contributed by atoms with van der Waals surface area (Å²) in [5.41, 5.74) is 0. The Morgan fingerprint density at radius 1 is 1.23 bits per heavy atom. The average Bonchev–Trinajstić information content (AvgIpc) is 2.05. The molecule has 0 aliphatic rings. The largest absolute Gasteiger partial charge is 0.435 e. The van der Waals surface area contributed by atoms with Crippen LogP contribution in [0, 0.1) is 0 Å². The Hall–Kier alpha value is -1.78. The molecule has 13 heavy (non-hydrogen) atoms. The quantitative estimate of drug-likeness (QED) is 0.511. The van der Waals surface area contributed by atoms with Gasteiger partial charge in [-0.05, 0) is 0 Å². The summed E-state index contributed by atoms with van der Waals surface area (Å²) in [5, 5.41) is 2.31. The lowest BCUT2D eigenvalue weighted by atomic mass is 10.4. The van der Waals surface area contributed by atoms with Crippen molar-refractivity contribution in [2.24, 2.45) is 0 Å². The van der Waals surface area contributed by atoms with Crippen LogP contribution in [-0.4, -0.2) is 18.6 Å². The van der Waals surface area contributed by atoms with Crippen molar-refractivity contribution in [3.8, 4) is 0 Å². The molecular weight excluding hydrogens is 174 g/mol. The van der Waals surface area contributed by atoms with E-state index in [1.54, 1.807) is 0 Å². The van der Waals surface area contributed by atoms with Gasteiger partial charge >= 0.3 is 12.1 Å². The van der Waals surface area contributed by atoms with Crippen molar-refractivity contribution in [1.29, 1.82) is 0 Å². The predicted octanol–water partition coefficient (Wildman–Crippen LogP) is 0.933. The fourth-order valence-corrected chi connectivity index (χ4v) is 0.536. The van der Waals surface area contributed by atoms with Crippen LogP contribution in [0.15, 0.2) is 25.7 Å². The number of hydrogen-bond donors (Lipinski definition) is 1. The number of rotatable bonds is 5. The van der Waals surface area contributed by atoms with E-state index < -0.39 is 12.1 Å². The molecule has 5 nitrogen and oxygen atoms in total. The topological polar surface area (TPSA) is 64.6 Å². The van der Waals surface area contributed by atoms with E-state index in [-0.39, 0.29) is 13.0 Å². The van der Waals surface area contributed by atoms with Crippen LogP contribution in [-0.2, 0) is 14.3 Å². The van der Waals surface area contributed by atoms with Crippen molar-refractivity contribution in [1.82, 2.24) is 5.32 Å². The Balaban J connectivity index is 3.43. The molecule has 0 aromatic carbocycles. The normalized spacial score (nSPS) is 8.31. The number of amides is 1. The van der Waals surface area contributed by atoms with E-state index in [2.05, 4.69) is 27.9 Å². The van der Waals surface area contributed by atoms with Gasteiger partial charge in [0.25, 0.3) is 0 Å². The van der Waals surface area contributed by atoms with Gasteiger partial charge in [-0.1, -0.05) is 13.2 Å². The molecule has 0 radical (unpaired) electrons. The van der Waals surface area contributed by atoms with Crippen LogP contribution in [0.1, 0.15) is 6.42 Å². The van der Waals surface area contributed by atoms with E-state index in [9.17, 15) is 9.59 Å². The molecule has 0 heterocycles. The summed E-state index contributed by atoms with van der Waals surface area (Å²) in [5.74, 6) is -0.464. The molecule has 0 aromatic rings. The molecule has 0 saturated heterocycles. The third-order valence-electron chi connectivity index (χ3n) is 1.00. The van der Waals surface area contributed by atoms with Crippen LogP contribution >= 0.6 is 0 Å². The maximum atomic E-state index is 10.7. The second-order valence-electron chi connectivity index (χ2n) is 1.91.